The molecular weight excluding hydrogens is 174 g/mol. The van der Waals surface area contributed by atoms with Crippen LogP contribution >= 0.6 is 0 Å². The fraction of sp³-hybridized carbons (Fsp3) is 0.500. The highest BCUT2D eigenvalue weighted by Crippen LogP contribution is 2.41. The summed E-state index contributed by atoms with van der Waals surface area (Å²) in [6.45, 7) is 0.879. The third kappa shape index (κ3) is 1.90. The second kappa shape index (κ2) is 4.01. The maximum absolute atomic E-state index is 5.31. The summed E-state index contributed by atoms with van der Waals surface area (Å²) < 4.78 is 5.31. The number of methoxy groups -OCH3 is 1. The molecule has 1 aromatic rings. The molecule has 0 aromatic heterocycles. The molecule has 1 aliphatic carbocycles. The van der Waals surface area contributed by atoms with Crippen molar-refractivity contribution in [3.8, 4) is 5.75 Å². The van der Waals surface area contributed by atoms with Crippen LogP contribution < -0.4 is 10.1 Å². The molecule has 1 fully saturated rings. The van der Waals surface area contributed by atoms with Crippen molar-refractivity contribution in [1.82, 2.24) is 5.32 Å². The standard InChI is InChI=1S/C12H17NO/c1-13-8-11-7-10(9-3-4-9)5-6-12(11)14-2/h5-7,9,13H,3-4,8H2,1-2H3. The Bertz CT molecular complexity index is 318. The van der Waals surface area contributed by atoms with Crippen LogP contribution in [-0.4, -0.2) is 14.2 Å². The van der Waals surface area contributed by atoms with E-state index in [4.69, 9.17) is 4.74 Å². The smallest absolute Gasteiger partial charge is 0.123 e. The van der Waals surface area contributed by atoms with Crippen molar-refractivity contribution in [3.05, 3.63) is 29.3 Å². The van der Waals surface area contributed by atoms with Gasteiger partial charge in [-0.2, -0.15) is 0 Å². The number of benzene rings is 1. The highest BCUT2D eigenvalue weighted by Gasteiger charge is 2.23. The molecule has 0 unspecified atom stereocenters. The minimum Gasteiger partial charge on any atom is -0.496 e. The lowest BCUT2D eigenvalue weighted by Crippen LogP contribution is -2.07. The topological polar surface area (TPSA) is 21.3 Å². The van der Waals surface area contributed by atoms with Gasteiger partial charge >= 0.3 is 0 Å². The molecule has 0 atom stereocenters. The molecule has 0 spiro atoms. The first-order chi connectivity index (χ1) is 6.85. The van der Waals surface area contributed by atoms with E-state index in [9.17, 15) is 0 Å². The molecule has 14 heavy (non-hydrogen) atoms. The second-order valence-electron chi connectivity index (χ2n) is 3.88. The Morgan fingerprint density at radius 3 is 2.79 bits per heavy atom. The number of nitrogens with one attached hydrogen (secondary N) is 1. The summed E-state index contributed by atoms with van der Waals surface area (Å²) >= 11 is 0. The first-order valence-electron chi connectivity index (χ1n) is 5.16. The van der Waals surface area contributed by atoms with E-state index in [0.717, 1.165) is 18.2 Å². The average molecular weight is 191 g/mol. The molecule has 1 saturated carbocycles. The first-order valence-corrected chi connectivity index (χ1v) is 5.16. The van der Waals surface area contributed by atoms with Gasteiger partial charge in [-0.15, -0.1) is 0 Å². The van der Waals surface area contributed by atoms with Crippen LogP contribution in [0.5, 0.6) is 5.75 Å². The molecular formula is C12H17NO. The Morgan fingerprint density at radius 2 is 2.21 bits per heavy atom. The zero-order valence-corrected chi connectivity index (χ0v) is 8.84. The monoisotopic (exact) mass is 191 g/mol. The zero-order chi connectivity index (χ0) is 9.97. The molecule has 0 bridgehead atoms. The number of rotatable bonds is 4. The summed E-state index contributed by atoms with van der Waals surface area (Å²) in [6.07, 6.45) is 2.71. The van der Waals surface area contributed by atoms with E-state index >= 15 is 0 Å². The lowest BCUT2D eigenvalue weighted by Gasteiger charge is -2.09. The van der Waals surface area contributed by atoms with Crippen LogP contribution in [0.25, 0.3) is 0 Å². The molecule has 2 nitrogen and oxygen atoms in total. The predicted molar refractivity (Wildman–Crippen MR) is 57.7 cm³/mol. The normalized spacial score (nSPS) is 15.6. The van der Waals surface area contributed by atoms with Crippen LogP contribution in [-0.2, 0) is 6.54 Å². The molecule has 2 rings (SSSR count). The van der Waals surface area contributed by atoms with Crippen LogP contribution in [0.3, 0.4) is 0 Å². The van der Waals surface area contributed by atoms with Gasteiger partial charge in [0.25, 0.3) is 0 Å². The first kappa shape index (κ1) is 9.53. The molecule has 2 heteroatoms. The Hall–Kier alpha value is -1.02. The highest BCUT2D eigenvalue weighted by molar-refractivity contribution is 5.39. The van der Waals surface area contributed by atoms with Crippen molar-refractivity contribution in [1.29, 1.82) is 0 Å². The van der Waals surface area contributed by atoms with E-state index in [1.54, 1.807) is 7.11 Å². The van der Waals surface area contributed by atoms with Gasteiger partial charge in [0.15, 0.2) is 0 Å². The van der Waals surface area contributed by atoms with Gasteiger partial charge < -0.3 is 10.1 Å². The summed E-state index contributed by atoms with van der Waals surface area (Å²) in [5, 5.41) is 3.17. The Kier molecular flexibility index (Phi) is 2.73. The van der Waals surface area contributed by atoms with Gasteiger partial charge in [-0.1, -0.05) is 12.1 Å². The van der Waals surface area contributed by atoms with Crippen molar-refractivity contribution >= 4 is 0 Å². The summed E-state index contributed by atoms with van der Waals surface area (Å²) in [5.74, 6) is 1.81. The van der Waals surface area contributed by atoms with Gasteiger partial charge in [0, 0.05) is 12.1 Å². The molecule has 1 aliphatic rings. The molecule has 0 heterocycles. The lowest BCUT2D eigenvalue weighted by atomic mass is 10.1. The fourth-order valence-corrected chi connectivity index (χ4v) is 1.80. The third-order valence-electron chi connectivity index (χ3n) is 2.72. The Balaban J connectivity index is 2.26. The van der Waals surface area contributed by atoms with E-state index in [-0.39, 0.29) is 0 Å². The summed E-state index contributed by atoms with van der Waals surface area (Å²) in [5.41, 5.74) is 2.73. The van der Waals surface area contributed by atoms with Crippen LogP contribution in [0.1, 0.15) is 29.9 Å². The Labute approximate surface area is 85.3 Å². The molecule has 0 radical (unpaired) electrons. The SMILES string of the molecule is CNCc1cc(C2CC2)ccc1OC. The quantitative estimate of drug-likeness (QED) is 0.788. The van der Waals surface area contributed by atoms with E-state index < -0.39 is 0 Å². The molecule has 0 saturated heterocycles. The fourth-order valence-electron chi connectivity index (χ4n) is 1.80. The van der Waals surface area contributed by atoms with Crippen molar-refractivity contribution < 1.29 is 4.74 Å². The Morgan fingerprint density at radius 1 is 1.43 bits per heavy atom. The molecule has 1 N–H and O–H groups in total. The van der Waals surface area contributed by atoms with Gasteiger partial charge in [0.1, 0.15) is 5.75 Å². The van der Waals surface area contributed by atoms with Crippen molar-refractivity contribution in [2.75, 3.05) is 14.2 Å². The lowest BCUT2D eigenvalue weighted by molar-refractivity contribution is 0.408. The van der Waals surface area contributed by atoms with E-state index in [1.165, 1.54) is 24.0 Å². The maximum atomic E-state index is 5.31. The van der Waals surface area contributed by atoms with E-state index in [0.29, 0.717) is 0 Å². The molecule has 0 aliphatic heterocycles. The largest absolute Gasteiger partial charge is 0.496 e. The number of ether oxygens (including phenoxy) is 1. The maximum Gasteiger partial charge on any atom is 0.123 e. The minimum atomic E-state index is 0.816. The van der Waals surface area contributed by atoms with Gasteiger partial charge in [-0.05, 0) is 37.4 Å². The number of hydrogen-bond acceptors (Lipinski definition) is 2. The molecule has 0 amide bonds. The molecule has 1 aromatic carbocycles. The van der Waals surface area contributed by atoms with Crippen LogP contribution in [0.15, 0.2) is 18.2 Å². The average Bonchev–Trinajstić information content (AvgIpc) is 3.01. The highest BCUT2D eigenvalue weighted by atomic mass is 16.5. The third-order valence-corrected chi connectivity index (χ3v) is 2.72. The van der Waals surface area contributed by atoms with Gasteiger partial charge in [-0.25, -0.2) is 0 Å². The predicted octanol–water partition coefficient (Wildman–Crippen LogP) is 2.29. The van der Waals surface area contributed by atoms with Crippen molar-refractivity contribution in [2.24, 2.45) is 0 Å². The van der Waals surface area contributed by atoms with Crippen LogP contribution in [0.4, 0.5) is 0 Å². The van der Waals surface area contributed by atoms with E-state index in [2.05, 4.69) is 23.5 Å². The van der Waals surface area contributed by atoms with E-state index in [1.807, 2.05) is 7.05 Å². The summed E-state index contributed by atoms with van der Waals surface area (Å²) in [7, 11) is 3.69. The van der Waals surface area contributed by atoms with Crippen molar-refractivity contribution in [3.63, 3.8) is 0 Å². The zero-order valence-electron chi connectivity index (χ0n) is 8.84. The van der Waals surface area contributed by atoms with Gasteiger partial charge in [0.05, 0.1) is 7.11 Å². The van der Waals surface area contributed by atoms with Crippen LogP contribution in [0, 0.1) is 0 Å². The van der Waals surface area contributed by atoms with Crippen molar-refractivity contribution in [2.45, 2.75) is 25.3 Å². The second-order valence-corrected chi connectivity index (χ2v) is 3.88. The number of hydrogen-bond donors (Lipinski definition) is 1. The van der Waals surface area contributed by atoms with Gasteiger partial charge in [0.2, 0.25) is 0 Å². The summed E-state index contributed by atoms with van der Waals surface area (Å²) in [6, 6.07) is 6.54. The summed E-state index contributed by atoms with van der Waals surface area (Å²) in [4.78, 5) is 0. The minimum absolute atomic E-state index is 0.816. The van der Waals surface area contributed by atoms with Crippen LogP contribution in [0.2, 0.25) is 0 Å². The van der Waals surface area contributed by atoms with Gasteiger partial charge in [-0.3, -0.25) is 0 Å². The molecule has 76 valence electrons.